The zero-order valence-electron chi connectivity index (χ0n) is 9.07. The summed E-state index contributed by atoms with van der Waals surface area (Å²) in [5.74, 6) is -0.318. The average Bonchev–Trinajstić information content (AvgIpc) is 2.30. The van der Waals surface area contributed by atoms with Crippen molar-refractivity contribution in [2.45, 2.75) is 6.29 Å². The second-order valence-corrected chi connectivity index (χ2v) is 3.41. The Morgan fingerprint density at radius 3 is 2.81 bits per heavy atom. The van der Waals surface area contributed by atoms with Crippen molar-refractivity contribution in [2.75, 3.05) is 20.8 Å². The number of nitrogens with one attached hydrogen (secondary N) is 1. The molecule has 0 fully saturated rings. The maximum absolute atomic E-state index is 11.6. The molecule has 1 aromatic heterocycles. The van der Waals surface area contributed by atoms with Crippen LogP contribution in [0.2, 0.25) is 5.02 Å². The largest absolute Gasteiger partial charge is 0.354 e. The normalized spacial score (nSPS) is 10.5. The summed E-state index contributed by atoms with van der Waals surface area (Å²) in [4.78, 5) is 15.5. The molecular weight excluding hydrogens is 232 g/mol. The standard InChI is InChI=1S/C10H13ClN2O3/c1-15-9(16-2)6-13-10(14)8-5-7(11)3-4-12-8/h3-5,9H,6H2,1-2H3,(H,13,14). The summed E-state index contributed by atoms with van der Waals surface area (Å²) in [7, 11) is 3.00. The number of ether oxygens (including phenoxy) is 2. The van der Waals surface area contributed by atoms with E-state index >= 15 is 0 Å². The van der Waals surface area contributed by atoms with Gasteiger partial charge in [0, 0.05) is 25.4 Å². The Morgan fingerprint density at radius 1 is 1.56 bits per heavy atom. The molecular formula is C10H13ClN2O3. The molecule has 0 aliphatic rings. The number of amides is 1. The van der Waals surface area contributed by atoms with Gasteiger partial charge in [-0.05, 0) is 12.1 Å². The van der Waals surface area contributed by atoms with Crippen LogP contribution in [0, 0.1) is 0 Å². The third-order valence-electron chi connectivity index (χ3n) is 1.91. The smallest absolute Gasteiger partial charge is 0.270 e. The van der Waals surface area contributed by atoms with Gasteiger partial charge in [-0.1, -0.05) is 11.6 Å². The van der Waals surface area contributed by atoms with Crippen molar-refractivity contribution in [1.82, 2.24) is 10.3 Å². The van der Waals surface area contributed by atoms with Gasteiger partial charge in [-0.15, -0.1) is 0 Å². The quantitative estimate of drug-likeness (QED) is 0.788. The van der Waals surface area contributed by atoms with E-state index in [1.54, 1.807) is 6.07 Å². The van der Waals surface area contributed by atoms with Crippen molar-refractivity contribution in [1.29, 1.82) is 0 Å². The lowest BCUT2D eigenvalue weighted by Crippen LogP contribution is -2.34. The van der Waals surface area contributed by atoms with Gasteiger partial charge in [0.05, 0.1) is 6.54 Å². The fraction of sp³-hybridized carbons (Fsp3) is 0.400. The zero-order chi connectivity index (χ0) is 12.0. The van der Waals surface area contributed by atoms with Crippen molar-refractivity contribution in [3.05, 3.63) is 29.0 Å². The number of aromatic nitrogens is 1. The van der Waals surface area contributed by atoms with E-state index in [9.17, 15) is 4.79 Å². The number of carbonyl (C=O) groups excluding carboxylic acids is 1. The SMILES string of the molecule is COC(CNC(=O)c1cc(Cl)ccn1)OC. The number of rotatable bonds is 5. The predicted octanol–water partition coefficient (Wildman–Crippen LogP) is 1.08. The first-order valence-corrected chi connectivity index (χ1v) is 5.00. The van der Waals surface area contributed by atoms with Crippen molar-refractivity contribution in [3.8, 4) is 0 Å². The van der Waals surface area contributed by atoms with Crippen LogP contribution >= 0.6 is 11.6 Å². The van der Waals surface area contributed by atoms with Crippen LogP contribution in [0.4, 0.5) is 0 Å². The molecule has 1 aromatic rings. The number of nitrogens with zero attached hydrogens (tertiary/aromatic N) is 1. The van der Waals surface area contributed by atoms with E-state index in [2.05, 4.69) is 10.3 Å². The van der Waals surface area contributed by atoms with E-state index in [-0.39, 0.29) is 18.1 Å². The van der Waals surface area contributed by atoms with Crippen LogP contribution in [0.3, 0.4) is 0 Å². The first kappa shape index (κ1) is 12.9. The van der Waals surface area contributed by atoms with Gasteiger partial charge in [0.2, 0.25) is 0 Å². The molecule has 1 N–H and O–H groups in total. The Morgan fingerprint density at radius 2 is 2.25 bits per heavy atom. The first-order chi connectivity index (χ1) is 7.67. The van der Waals surface area contributed by atoms with Crippen molar-refractivity contribution < 1.29 is 14.3 Å². The highest BCUT2D eigenvalue weighted by Crippen LogP contribution is 2.07. The molecule has 5 nitrogen and oxygen atoms in total. The Labute approximate surface area is 98.7 Å². The van der Waals surface area contributed by atoms with Gasteiger partial charge in [0.25, 0.3) is 5.91 Å². The van der Waals surface area contributed by atoms with Crippen LogP contribution in [0.1, 0.15) is 10.5 Å². The van der Waals surface area contributed by atoms with Gasteiger partial charge in [-0.25, -0.2) is 0 Å². The summed E-state index contributed by atoms with van der Waals surface area (Å²) in [6, 6.07) is 3.09. The summed E-state index contributed by atoms with van der Waals surface area (Å²) in [6.07, 6.45) is 1.00. The molecule has 88 valence electrons. The lowest BCUT2D eigenvalue weighted by Gasteiger charge is -2.13. The number of pyridine rings is 1. The van der Waals surface area contributed by atoms with E-state index in [0.717, 1.165) is 0 Å². The molecule has 6 heteroatoms. The minimum atomic E-state index is -0.469. The summed E-state index contributed by atoms with van der Waals surface area (Å²) >= 11 is 5.74. The molecule has 1 rings (SSSR count). The Kier molecular flexibility index (Phi) is 5.18. The Hall–Kier alpha value is -1.17. The maximum atomic E-state index is 11.6. The van der Waals surface area contributed by atoms with Crippen LogP contribution in [0.15, 0.2) is 18.3 Å². The predicted molar refractivity (Wildman–Crippen MR) is 59.4 cm³/mol. The fourth-order valence-electron chi connectivity index (χ4n) is 1.06. The molecule has 0 aromatic carbocycles. The summed E-state index contributed by atoms with van der Waals surface area (Å²) < 4.78 is 9.85. The van der Waals surface area contributed by atoms with Gasteiger partial charge in [0.15, 0.2) is 6.29 Å². The molecule has 1 heterocycles. The van der Waals surface area contributed by atoms with Crippen LogP contribution in [-0.4, -0.2) is 37.9 Å². The molecule has 0 radical (unpaired) electrons. The topological polar surface area (TPSA) is 60.5 Å². The molecule has 16 heavy (non-hydrogen) atoms. The number of carbonyl (C=O) groups is 1. The molecule has 0 unspecified atom stereocenters. The summed E-state index contributed by atoms with van der Waals surface area (Å²) in [5.41, 5.74) is 0.262. The van der Waals surface area contributed by atoms with Crippen molar-refractivity contribution >= 4 is 17.5 Å². The van der Waals surface area contributed by atoms with Crippen molar-refractivity contribution in [3.63, 3.8) is 0 Å². The highest BCUT2D eigenvalue weighted by atomic mass is 35.5. The number of hydrogen-bond acceptors (Lipinski definition) is 4. The Balaban J connectivity index is 2.52. The molecule has 0 spiro atoms. The number of methoxy groups -OCH3 is 2. The van der Waals surface area contributed by atoms with Crippen LogP contribution < -0.4 is 5.32 Å². The van der Waals surface area contributed by atoms with E-state index in [0.29, 0.717) is 5.02 Å². The lowest BCUT2D eigenvalue weighted by molar-refractivity contribution is -0.0974. The third-order valence-corrected chi connectivity index (χ3v) is 2.14. The average molecular weight is 245 g/mol. The summed E-state index contributed by atoms with van der Waals surface area (Å²) in [6.45, 7) is 0.250. The molecule has 0 saturated heterocycles. The highest BCUT2D eigenvalue weighted by molar-refractivity contribution is 6.30. The molecule has 0 atom stereocenters. The molecule has 1 amide bonds. The first-order valence-electron chi connectivity index (χ1n) is 4.62. The van der Waals surface area contributed by atoms with Gasteiger partial charge in [0.1, 0.15) is 5.69 Å². The highest BCUT2D eigenvalue weighted by Gasteiger charge is 2.10. The minimum absolute atomic E-state index is 0.250. The van der Waals surface area contributed by atoms with Crippen LogP contribution in [-0.2, 0) is 9.47 Å². The van der Waals surface area contributed by atoms with Crippen molar-refractivity contribution in [2.24, 2.45) is 0 Å². The Bertz CT molecular complexity index is 356. The second-order valence-electron chi connectivity index (χ2n) is 2.97. The minimum Gasteiger partial charge on any atom is -0.354 e. The van der Waals surface area contributed by atoms with E-state index in [1.165, 1.54) is 26.5 Å². The monoisotopic (exact) mass is 244 g/mol. The van der Waals surface area contributed by atoms with E-state index < -0.39 is 6.29 Å². The fourth-order valence-corrected chi connectivity index (χ4v) is 1.22. The van der Waals surface area contributed by atoms with Gasteiger partial charge >= 0.3 is 0 Å². The maximum Gasteiger partial charge on any atom is 0.270 e. The lowest BCUT2D eigenvalue weighted by atomic mass is 10.3. The van der Waals surface area contributed by atoms with Crippen LogP contribution in [0.25, 0.3) is 0 Å². The zero-order valence-corrected chi connectivity index (χ0v) is 9.82. The van der Waals surface area contributed by atoms with E-state index in [4.69, 9.17) is 21.1 Å². The third kappa shape index (κ3) is 3.77. The molecule has 0 aliphatic heterocycles. The molecule has 0 bridgehead atoms. The second kappa shape index (κ2) is 6.42. The van der Waals surface area contributed by atoms with E-state index in [1.807, 2.05) is 0 Å². The van der Waals surface area contributed by atoms with Crippen LogP contribution in [0.5, 0.6) is 0 Å². The van der Waals surface area contributed by atoms with Gasteiger partial charge in [-0.2, -0.15) is 0 Å². The van der Waals surface area contributed by atoms with Gasteiger partial charge < -0.3 is 14.8 Å². The number of halogens is 1. The molecule has 0 aliphatic carbocycles. The van der Waals surface area contributed by atoms with Gasteiger partial charge in [-0.3, -0.25) is 9.78 Å². The molecule has 0 saturated carbocycles. The summed E-state index contributed by atoms with van der Waals surface area (Å²) in [5, 5.41) is 3.09. The number of hydrogen-bond donors (Lipinski definition) is 1.